The number of hydrogen-bond donors (Lipinski definition) is 1. The van der Waals surface area contributed by atoms with Crippen LogP contribution in [0.25, 0.3) is 0 Å². The van der Waals surface area contributed by atoms with Crippen LogP contribution in [0.1, 0.15) is 24.2 Å². The van der Waals surface area contributed by atoms with Crippen molar-refractivity contribution >= 4 is 17.8 Å². The highest BCUT2D eigenvalue weighted by molar-refractivity contribution is 6.01. The second kappa shape index (κ2) is 4.67. The summed E-state index contributed by atoms with van der Waals surface area (Å²) in [5.41, 5.74) is 1.52. The number of hydrogen-bond acceptors (Lipinski definition) is 6. The van der Waals surface area contributed by atoms with E-state index < -0.39 is 6.04 Å². The van der Waals surface area contributed by atoms with Gasteiger partial charge in [-0.15, -0.1) is 5.10 Å². The molecule has 0 aliphatic carbocycles. The van der Waals surface area contributed by atoms with Gasteiger partial charge in [0, 0.05) is 13.5 Å². The fourth-order valence-electron chi connectivity index (χ4n) is 1.72. The van der Waals surface area contributed by atoms with Crippen molar-refractivity contribution in [2.75, 3.05) is 12.4 Å². The molecule has 96 valence electrons. The molecule has 0 radical (unpaired) electrons. The first kappa shape index (κ1) is 12.4. The minimum Gasteiger partial charge on any atom is -0.341 e. The van der Waals surface area contributed by atoms with E-state index in [4.69, 9.17) is 0 Å². The molecule has 18 heavy (non-hydrogen) atoms. The number of likely N-dealkylation sites (tertiary alicyclic amines) is 1. The number of rotatable bonds is 2. The van der Waals surface area contributed by atoms with Gasteiger partial charge in [-0.3, -0.25) is 14.5 Å². The minimum absolute atomic E-state index is 0.155. The molecule has 0 spiro atoms. The zero-order valence-corrected chi connectivity index (χ0v) is 10.6. The molecule has 1 aliphatic rings. The third-order valence-corrected chi connectivity index (χ3v) is 3.04. The quantitative estimate of drug-likeness (QED) is 0.745. The lowest BCUT2D eigenvalue weighted by Crippen LogP contribution is -2.48. The Kier molecular flexibility index (Phi) is 3.22. The molecule has 1 aromatic heterocycles. The van der Waals surface area contributed by atoms with E-state index in [0.29, 0.717) is 18.8 Å². The van der Waals surface area contributed by atoms with Gasteiger partial charge >= 0.3 is 0 Å². The lowest BCUT2D eigenvalue weighted by molar-refractivity contribution is -0.146. The van der Waals surface area contributed by atoms with Crippen LogP contribution < -0.4 is 5.32 Å². The summed E-state index contributed by atoms with van der Waals surface area (Å²) in [6.07, 6.45) is 0.802. The van der Waals surface area contributed by atoms with E-state index in [2.05, 4.69) is 20.5 Å². The molecular formula is C11H15N5O2. The number of carbonyl (C=O) groups is 2. The minimum atomic E-state index is -0.461. The fourth-order valence-corrected chi connectivity index (χ4v) is 1.72. The maximum Gasteiger partial charge on any atom is 0.251 e. The van der Waals surface area contributed by atoms with Crippen molar-refractivity contribution in [3.63, 3.8) is 0 Å². The number of imide groups is 1. The molecule has 2 amide bonds. The molecule has 7 heteroatoms. The molecule has 1 aromatic rings. The summed E-state index contributed by atoms with van der Waals surface area (Å²) in [4.78, 5) is 28.5. The lowest BCUT2D eigenvalue weighted by Gasteiger charge is -2.28. The summed E-state index contributed by atoms with van der Waals surface area (Å²) in [6.45, 7) is 3.64. The molecule has 1 N–H and O–H groups in total. The van der Waals surface area contributed by atoms with Crippen molar-refractivity contribution in [3.05, 3.63) is 11.4 Å². The third-order valence-electron chi connectivity index (χ3n) is 3.04. The number of piperidine rings is 1. The molecule has 1 atom stereocenters. The Labute approximate surface area is 105 Å². The number of anilines is 1. The van der Waals surface area contributed by atoms with Gasteiger partial charge in [-0.2, -0.15) is 5.10 Å². The van der Waals surface area contributed by atoms with Gasteiger partial charge < -0.3 is 5.32 Å². The van der Waals surface area contributed by atoms with Crippen LogP contribution in [0.3, 0.4) is 0 Å². The number of aromatic nitrogens is 3. The zero-order valence-electron chi connectivity index (χ0n) is 10.6. The average molecular weight is 249 g/mol. The largest absolute Gasteiger partial charge is 0.341 e. The number of aryl methyl sites for hydroxylation is 2. The molecule has 0 aromatic carbocycles. The number of carbonyl (C=O) groups excluding carboxylic acids is 2. The van der Waals surface area contributed by atoms with Gasteiger partial charge in [0.25, 0.3) is 5.91 Å². The predicted octanol–water partition coefficient (Wildman–Crippen LogP) is 0.0477. The maximum absolute atomic E-state index is 11.9. The van der Waals surface area contributed by atoms with Gasteiger partial charge in [0.1, 0.15) is 6.04 Å². The average Bonchev–Trinajstić information content (AvgIpc) is 2.34. The Morgan fingerprint density at radius 3 is 2.61 bits per heavy atom. The number of nitrogens with zero attached hydrogens (tertiary/aromatic N) is 4. The van der Waals surface area contributed by atoms with Crippen LogP contribution in [0.2, 0.25) is 0 Å². The highest BCUT2D eigenvalue weighted by Gasteiger charge is 2.32. The Hall–Kier alpha value is -2.05. The molecule has 0 bridgehead atoms. The third kappa shape index (κ3) is 2.29. The van der Waals surface area contributed by atoms with E-state index >= 15 is 0 Å². The van der Waals surface area contributed by atoms with Gasteiger partial charge in [0.15, 0.2) is 0 Å². The number of nitrogens with one attached hydrogen (secondary N) is 1. The lowest BCUT2D eigenvalue weighted by atomic mass is 10.1. The number of likely N-dealkylation sites (N-methyl/N-ethyl adjacent to an activating group) is 1. The van der Waals surface area contributed by atoms with Crippen LogP contribution in [0.15, 0.2) is 0 Å². The van der Waals surface area contributed by atoms with E-state index in [1.54, 1.807) is 0 Å². The van der Waals surface area contributed by atoms with Crippen molar-refractivity contribution in [2.45, 2.75) is 32.7 Å². The normalized spacial score (nSPS) is 20.2. The van der Waals surface area contributed by atoms with Crippen molar-refractivity contribution in [1.29, 1.82) is 0 Å². The molecule has 0 saturated carbocycles. The van der Waals surface area contributed by atoms with Crippen molar-refractivity contribution in [1.82, 2.24) is 20.1 Å². The Balaban J connectivity index is 2.11. The molecule has 1 saturated heterocycles. The summed E-state index contributed by atoms with van der Waals surface area (Å²) in [5.74, 6) is -0.0931. The highest BCUT2D eigenvalue weighted by atomic mass is 16.2. The van der Waals surface area contributed by atoms with Gasteiger partial charge in [-0.25, -0.2) is 4.98 Å². The van der Waals surface area contributed by atoms with Gasteiger partial charge in [-0.1, -0.05) is 0 Å². The maximum atomic E-state index is 11.9. The SMILES string of the molecule is Cc1nnc(NC2CCC(=O)N(C)C2=O)nc1C. The Morgan fingerprint density at radius 1 is 1.22 bits per heavy atom. The second-order valence-electron chi connectivity index (χ2n) is 4.33. The molecule has 2 rings (SSSR count). The summed E-state index contributed by atoms with van der Waals surface area (Å²) >= 11 is 0. The first-order chi connectivity index (χ1) is 8.49. The van der Waals surface area contributed by atoms with E-state index in [1.807, 2.05) is 13.8 Å². The van der Waals surface area contributed by atoms with Crippen LogP contribution >= 0.6 is 0 Å². The predicted molar refractivity (Wildman–Crippen MR) is 63.7 cm³/mol. The van der Waals surface area contributed by atoms with Crippen molar-refractivity contribution < 1.29 is 9.59 Å². The van der Waals surface area contributed by atoms with E-state index in [-0.39, 0.29) is 11.8 Å². The topological polar surface area (TPSA) is 88.1 Å². The van der Waals surface area contributed by atoms with Crippen LogP contribution in [-0.4, -0.2) is 45.0 Å². The van der Waals surface area contributed by atoms with Crippen molar-refractivity contribution in [3.8, 4) is 0 Å². The van der Waals surface area contributed by atoms with E-state index in [9.17, 15) is 9.59 Å². The summed E-state index contributed by atoms with van der Waals surface area (Å²) in [7, 11) is 1.48. The first-order valence-electron chi connectivity index (χ1n) is 5.74. The van der Waals surface area contributed by atoms with Crippen LogP contribution in [-0.2, 0) is 9.59 Å². The van der Waals surface area contributed by atoms with Crippen molar-refractivity contribution in [2.24, 2.45) is 0 Å². The Bertz CT molecular complexity index is 502. The van der Waals surface area contributed by atoms with Crippen LogP contribution in [0.5, 0.6) is 0 Å². The summed E-state index contributed by atoms with van der Waals surface area (Å²) in [6, 6.07) is -0.461. The Morgan fingerprint density at radius 2 is 1.94 bits per heavy atom. The van der Waals surface area contributed by atoms with Gasteiger partial charge in [0.2, 0.25) is 11.9 Å². The second-order valence-corrected chi connectivity index (χ2v) is 4.33. The summed E-state index contributed by atoms with van der Waals surface area (Å²) in [5, 5.41) is 10.7. The van der Waals surface area contributed by atoms with Gasteiger partial charge in [0.05, 0.1) is 11.4 Å². The zero-order chi connectivity index (χ0) is 13.3. The molecule has 1 fully saturated rings. The molecule has 1 unspecified atom stereocenters. The molecule has 7 nitrogen and oxygen atoms in total. The van der Waals surface area contributed by atoms with E-state index in [0.717, 1.165) is 16.3 Å². The standard InChI is InChI=1S/C11H15N5O2/c1-6-7(2)14-15-11(12-6)13-8-4-5-9(17)16(3)10(8)18/h8H,4-5H2,1-3H3,(H,12,13,15). The smallest absolute Gasteiger partial charge is 0.251 e. The van der Waals surface area contributed by atoms with Gasteiger partial charge in [-0.05, 0) is 20.3 Å². The molecule has 1 aliphatic heterocycles. The molecule has 2 heterocycles. The molecular weight excluding hydrogens is 234 g/mol. The highest BCUT2D eigenvalue weighted by Crippen LogP contribution is 2.15. The fraction of sp³-hybridized carbons (Fsp3) is 0.545. The first-order valence-corrected chi connectivity index (χ1v) is 5.74. The van der Waals surface area contributed by atoms with Crippen LogP contribution in [0, 0.1) is 13.8 Å². The number of amides is 2. The summed E-state index contributed by atoms with van der Waals surface area (Å²) < 4.78 is 0. The van der Waals surface area contributed by atoms with Crippen LogP contribution in [0.4, 0.5) is 5.95 Å². The monoisotopic (exact) mass is 249 g/mol. The van der Waals surface area contributed by atoms with E-state index in [1.165, 1.54) is 7.05 Å².